The third-order valence-electron chi connectivity index (χ3n) is 4.45. The Labute approximate surface area is 162 Å². The predicted molar refractivity (Wildman–Crippen MR) is 106 cm³/mol. The molecule has 6 heteroatoms. The van der Waals surface area contributed by atoms with Gasteiger partial charge in [0, 0.05) is 24.0 Å². The Morgan fingerprint density at radius 2 is 1.86 bits per heavy atom. The lowest BCUT2D eigenvalue weighted by molar-refractivity contribution is 0.0500. The quantitative estimate of drug-likeness (QED) is 0.366. The number of ether oxygens (including phenoxy) is 1. The standard InChI is InChI=1S/C22H20N4O2/c27-22(28-11-5-9-17-8-4-10-23-13-17)20-12-19-15-25-26(21(19)24-14-20)16-18-6-2-1-3-7-18/h1-4,6-8,10,12-15H,5,9,11,16H2. The first-order valence-electron chi connectivity index (χ1n) is 9.21. The summed E-state index contributed by atoms with van der Waals surface area (Å²) in [5.41, 5.74) is 3.46. The monoisotopic (exact) mass is 372 g/mol. The third-order valence-corrected chi connectivity index (χ3v) is 4.45. The number of fused-ring (bicyclic) bond motifs is 1. The number of carbonyl (C=O) groups is 1. The van der Waals surface area contributed by atoms with E-state index in [-0.39, 0.29) is 5.97 Å². The summed E-state index contributed by atoms with van der Waals surface area (Å²) in [5.74, 6) is -0.364. The van der Waals surface area contributed by atoms with Gasteiger partial charge in [-0.05, 0) is 36.1 Å². The zero-order chi connectivity index (χ0) is 19.2. The minimum absolute atomic E-state index is 0.360. The van der Waals surface area contributed by atoms with Crippen molar-refractivity contribution >= 4 is 17.0 Å². The van der Waals surface area contributed by atoms with Gasteiger partial charge in [-0.3, -0.25) is 4.98 Å². The topological polar surface area (TPSA) is 69.9 Å². The van der Waals surface area contributed by atoms with E-state index in [4.69, 9.17) is 4.74 Å². The van der Waals surface area contributed by atoms with Crippen molar-refractivity contribution in [3.63, 3.8) is 0 Å². The van der Waals surface area contributed by atoms with Gasteiger partial charge in [0.25, 0.3) is 0 Å². The highest BCUT2D eigenvalue weighted by Gasteiger charge is 2.12. The molecule has 0 amide bonds. The first kappa shape index (κ1) is 17.9. The second kappa shape index (κ2) is 8.43. The second-order valence-corrected chi connectivity index (χ2v) is 6.53. The number of aryl methyl sites for hydroxylation is 1. The van der Waals surface area contributed by atoms with Gasteiger partial charge in [-0.1, -0.05) is 36.4 Å². The van der Waals surface area contributed by atoms with E-state index in [1.807, 2.05) is 53.3 Å². The van der Waals surface area contributed by atoms with E-state index in [1.165, 1.54) is 0 Å². The van der Waals surface area contributed by atoms with Crippen LogP contribution in [0.1, 0.15) is 27.9 Å². The summed E-state index contributed by atoms with van der Waals surface area (Å²) in [6.45, 7) is 0.995. The Bertz CT molecular complexity index is 1060. The fraction of sp³-hybridized carbons (Fsp3) is 0.182. The Morgan fingerprint density at radius 1 is 1.00 bits per heavy atom. The third kappa shape index (κ3) is 4.23. The van der Waals surface area contributed by atoms with Crippen molar-refractivity contribution in [1.29, 1.82) is 0 Å². The van der Waals surface area contributed by atoms with Gasteiger partial charge in [0.2, 0.25) is 0 Å². The summed E-state index contributed by atoms with van der Waals surface area (Å²) < 4.78 is 7.20. The maximum absolute atomic E-state index is 12.3. The molecule has 28 heavy (non-hydrogen) atoms. The van der Waals surface area contributed by atoms with E-state index in [1.54, 1.807) is 24.7 Å². The van der Waals surface area contributed by atoms with E-state index in [9.17, 15) is 4.79 Å². The summed E-state index contributed by atoms with van der Waals surface area (Å²) in [5, 5.41) is 5.22. The summed E-state index contributed by atoms with van der Waals surface area (Å²) in [6.07, 6.45) is 8.42. The van der Waals surface area contributed by atoms with Gasteiger partial charge in [0.05, 0.1) is 24.9 Å². The van der Waals surface area contributed by atoms with Crippen LogP contribution in [0.2, 0.25) is 0 Å². The van der Waals surface area contributed by atoms with Gasteiger partial charge in [0.1, 0.15) is 0 Å². The molecule has 0 radical (unpaired) electrons. The highest BCUT2D eigenvalue weighted by atomic mass is 16.5. The van der Waals surface area contributed by atoms with Crippen LogP contribution in [0.25, 0.3) is 11.0 Å². The Hall–Kier alpha value is -3.54. The molecular formula is C22H20N4O2. The summed E-state index contributed by atoms with van der Waals surface area (Å²) in [4.78, 5) is 20.8. The number of aromatic nitrogens is 4. The molecule has 0 aliphatic heterocycles. The molecule has 0 unspecified atom stereocenters. The van der Waals surface area contributed by atoms with Crippen LogP contribution in [-0.2, 0) is 17.7 Å². The van der Waals surface area contributed by atoms with Crippen molar-refractivity contribution in [2.45, 2.75) is 19.4 Å². The number of hydrogen-bond donors (Lipinski definition) is 0. The predicted octanol–water partition coefficient (Wildman–Crippen LogP) is 3.66. The molecule has 0 saturated heterocycles. The minimum atomic E-state index is -0.364. The molecule has 0 N–H and O–H groups in total. The van der Waals surface area contributed by atoms with Crippen molar-refractivity contribution in [3.8, 4) is 0 Å². The average Bonchev–Trinajstić information content (AvgIpc) is 3.14. The van der Waals surface area contributed by atoms with Crippen LogP contribution in [0.15, 0.2) is 73.3 Å². The molecule has 140 valence electrons. The maximum Gasteiger partial charge on any atom is 0.339 e. The van der Waals surface area contributed by atoms with E-state index >= 15 is 0 Å². The number of pyridine rings is 2. The van der Waals surface area contributed by atoms with Crippen molar-refractivity contribution < 1.29 is 9.53 Å². The molecule has 3 aromatic heterocycles. The van der Waals surface area contributed by atoms with Crippen LogP contribution in [0.4, 0.5) is 0 Å². The highest BCUT2D eigenvalue weighted by molar-refractivity contribution is 5.92. The number of rotatable bonds is 7. The molecule has 4 aromatic rings. The summed E-state index contributed by atoms with van der Waals surface area (Å²) >= 11 is 0. The molecular weight excluding hydrogens is 352 g/mol. The van der Waals surface area contributed by atoms with Crippen LogP contribution in [0.3, 0.4) is 0 Å². The van der Waals surface area contributed by atoms with E-state index in [0.29, 0.717) is 18.7 Å². The van der Waals surface area contributed by atoms with Gasteiger partial charge >= 0.3 is 5.97 Å². The zero-order valence-corrected chi connectivity index (χ0v) is 15.4. The number of carbonyl (C=O) groups excluding carboxylic acids is 1. The maximum atomic E-state index is 12.3. The van der Waals surface area contributed by atoms with Crippen molar-refractivity contribution in [2.24, 2.45) is 0 Å². The molecule has 4 rings (SSSR count). The fourth-order valence-corrected chi connectivity index (χ4v) is 3.03. The molecule has 0 aliphatic rings. The normalized spacial score (nSPS) is 10.9. The molecule has 0 fully saturated rings. The molecule has 0 saturated carbocycles. The number of hydrogen-bond acceptors (Lipinski definition) is 5. The van der Waals surface area contributed by atoms with Crippen molar-refractivity contribution in [2.75, 3.05) is 6.61 Å². The van der Waals surface area contributed by atoms with Gasteiger partial charge in [-0.15, -0.1) is 0 Å². The van der Waals surface area contributed by atoms with Crippen molar-refractivity contribution in [1.82, 2.24) is 19.7 Å². The van der Waals surface area contributed by atoms with Crippen LogP contribution in [-0.4, -0.2) is 32.3 Å². The first-order valence-corrected chi connectivity index (χ1v) is 9.21. The first-order chi connectivity index (χ1) is 13.8. The largest absolute Gasteiger partial charge is 0.462 e. The summed E-state index contributed by atoms with van der Waals surface area (Å²) in [6, 6.07) is 15.8. The van der Waals surface area contributed by atoms with Gasteiger partial charge < -0.3 is 4.74 Å². The fourth-order valence-electron chi connectivity index (χ4n) is 3.03. The van der Waals surface area contributed by atoms with Crippen molar-refractivity contribution in [3.05, 3.63) is 90.0 Å². The highest BCUT2D eigenvalue weighted by Crippen LogP contribution is 2.15. The Kier molecular flexibility index (Phi) is 5.38. The molecule has 3 heterocycles. The van der Waals surface area contributed by atoms with Crippen LogP contribution >= 0.6 is 0 Å². The number of nitrogens with zero attached hydrogens (tertiary/aromatic N) is 4. The molecule has 0 spiro atoms. The lowest BCUT2D eigenvalue weighted by Gasteiger charge is -2.06. The number of benzene rings is 1. The van der Waals surface area contributed by atoms with Gasteiger partial charge in [0.15, 0.2) is 5.65 Å². The molecule has 1 aromatic carbocycles. The van der Waals surface area contributed by atoms with E-state index < -0.39 is 0 Å². The molecule has 6 nitrogen and oxygen atoms in total. The van der Waals surface area contributed by atoms with Gasteiger partial charge in [-0.25, -0.2) is 14.5 Å². The van der Waals surface area contributed by atoms with Crippen LogP contribution in [0, 0.1) is 0 Å². The van der Waals surface area contributed by atoms with Crippen LogP contribution in [0.5, 0.6) is 0 Å². The SMILES string of the molecule is O=C(OCCCc1cccnc1)c1cnc2c(cnn2Cc2ccccc2)c1. The number of esters is 1. The molecule has 0 aliphatic carbocycles. The van der Waals surface area contributed by atoms with E-state index in [2.05, 4.69) is 15.1 Å². The van der Waals surface area contributed by atoms with Gasteiger partial charge in [-0.2, -0.15) is 5.10 Å². The average molecular weight is 372 g/mol. The Balaban J connectivity index is 1.37. The Morgan fingerprint density at radius 3 is 2.68 bits per heavy atom. The molecule has 0 bridgehead atoms. The smallest absolute Gasteiger partial charge is 0.339 e. The van der Waals surface area contributed by atoms with Crippen LogP contribution < -0.4 is 0 Å². The summed E-state index contributed by atoms with van der Waals surface area (Å²) in [7, 11) is 0. The second-order valence-electron chi connectivity index (χ2n) is 6.53. The minimum Gasteiger partial charge on any atom is -0.462 e. The lowest BCUT2D eigenvalue weighted by atomic mass is 10.2. The zero-order valence-electron chi connectivity index (χ0n) is 15.4. The van der Waals surface area contributed by atoms with E-state index in [0.717, 1.165) is 35.0 Å². The molecule has 0 atom stereocenters. The lowest BCUT2D eigenvalue weighted by Crippen LogP contribution is -2.08.